The molecule has 2 rings (SSSR count). The highest BCUT2D eigenvalue weighted by Gasteiger charge is 2.16. The van der Waals surface area contributed by atoms with Crippen LogP contribution in [0.15, 0.2) is 28.2 Å². The SMILES string of the molecule is CC(C)(CO)CCCNC(=O)Cc1coc(-c2cccs2)n1. The van der Waals surface area contributed by atoms with Crippen LogP contribution in [0, 0.1) is 5.41 Å². The molecule has 0 radical (unpaired) electrons. The highest BCUT2D eigenvalue weighted by Crippen LogP contribution is 2.23. The lowest BCUT2D eigenvalue weighted by molar-refractivity contribution is -0.120. The van der Waals surface area contributed by atoms with Gasteiger partial charge < -0.3 is 14.8 Å². The minimum Gasteiger partial charge on any atom is -0.444 e. The fraction of sp³-hybridized carbons (Fsp3) is 0.500. The minimum atomic E-state index is -0.0908. The Hall–Kier alpha value is -1.66. The summed E-state index contributed by atoms with van der Waals surface area (Å²) in [6.07, 6.45) is 3.47. The van der Waals surface area contributed by atoms with Crippen molar-refractivity contribution in [3.8, 4) is 10.8 Å². The number of amides is 1. The van der Waals surface area contributed by atoms with Gasteiger partial charge in [-0.05, 0) is 29.7 Å². The summed E-state index contributed by atoms with van der Waals surface area (Å²) in [7, 11) is 0. The molecule has 0 aliphatic heterocycles. The average Bonchev–Trinajstić information content (AvgIpc) is 3.14. The Morgan fingerprint density at radius 1 is 1.50 bits per heavy atom. The molecule has 0 bridgehead atoms. The summed E-state index contributed by atoms with van der Waals surface area (Å²) in [6.45, 7) is 4.79. The Kier molecular flexibility index (Phi) is 5.74. The molecule has 0 saturated heterocycles. The summed E-state index contributed by atoms with van der Waals surface area (Å²) >= 11 is 1.55. The van der Waals surface area contributed by atoms with E-state index in [1.54, 1.807) is 11.3 Å². The Labute approximate surface area is 134 Å². The van der Waals surface area contributed by atoms with Gasteiger partial charge in [0, 0.05) is 13.2 Å². The first-order valence-corrected chi connectivity index (χ1v) is 8.24. The lowest BCUT2D eigenvalue weighted by Gasteiger charge is -2.21. The molecule has 2 heterocycles. The van der Waals surface area contributed by atoms with Crippen LogP contribution in [0.4, 0.5) is 0 Å². The van der Waals surface area contributed by atoms with Gasteiger partial charge in [0.2, 0.25) is 11.8 Å². The van der Waals surface area contributed by atoms with Gasteiger partial charge in [-0.3, -0.25) is 4.79 Å². The standard InChI is InChI=1S/C16H22N2O3S/c1-16(2,11-19)6-4-7-17-14(20)9-12-10-21-15(18-12)13-5-3-8-22-13/h3,5,8,10,19H,4,6-7,9,11H2,1-2H3,(H,17,20). The first-order valence-electron chi connectivity index (χ1n) is 7.36. The summed E-state index contributed by atoms with van der Waals surface area (Å²) < 4.78 is 5.39. The van der Waals surface area contributed by atoms with Crippen molar-refractivity contribution in [2.45, 2.75) is 33.1 Å². The van der Waals surface area contributed by atoms with Gasteiger partial charge in [-0.2, -0.15) is 0 Å². The third kappa shape index (κ3) is 4.96. The molecule has 0 aliphatic rings. The number of oxazole rings is 1. The van der Waals surface area contributed by atoms with E-state index in [0.717, 1.165) is 17.7 Å². The molecule has 2 N–H and O–H groups in total. The van der Waals surface area contributed by atoms with Crippen LogP contribution >= 0.6 is 11.3 Å². The molecule has 5 nitrogen and oxygen atoms in total. The molecular weight excluding hydrogens is 300 g/mol. The lowest BCUT2D eigenvalue weighted by Crippen LogP contribution is -2.27. The molecule has 0 saturated carbocycles. The minimum absolute atomic E-state index is 0.0622. The molecule has 0 aromatic carbocycles. The Bertz CT molecular complexity index is 590. The van der Waals surface area contributed by atoms with E-state index in [-0.39, 0.29) is 24.3 Å². The summed E-state index contributed by atoms with van der Waals surface area (Å²) in [5, 5.41) is 14.0. The third-order valence-corrected chi connectivity index (χ3v) is 4.26. The number of nitrogens with zero attached hydrogens (tertiary/aromatic N) is 1. The Morgan fingerprint density at radius 2 is 2.32 bits per heavy atom. The molecular formula is C16H22N2O3S. The zero-order valence-corrected chi connectivity index (χ0v) is 13.8. The second-order valence-electron chi connectivity index (χ2n) is 6.07. The zero-order valence-electron chi connectivity index (χ0n) is 13.0. The monoisotopic (exact) mass is 322 g/mol. The maximum Gasteiger partial charge on any atom is 0.236 e. The van der Waals surface area contributed by atoms with Crippen molar-refractivity contribution in [3.63, 3.8) is 0 Å². The van der Waals surface area contributed by atoms with Gasteiger partial charge in [0.1, 0.15) is 6.26 Å². The largest absolute Gasteiger partial charge is 0.444 e. The van der Waals surface area contributed by atoms with Crippen LogP contribution < -0.4 is 5.32 Å². The molecule has 120 valence electrons. The maximum atomic E-state index is 11.9. The highest BCUT2D eigenvalue weighted by atomic mass is 32.1. The first kappa shape index (κ1) is 16.7. The van der Waals surface area contributed by atoms with Crippen LogP contribution in [0.25, 0.3) is 10.8 Å². The molecule has 0 unspecified atom stereocenters. The van der Waals surface area contributed by atoms with Crippen LogP contribution in [0.5, 0.6) is 0 Å². The number of carbonyl (C=O) groups is 1. The normalized spacial score (nSPS) is 11.6. The van der Waals surface area contributed by atoms with E-state index in [1.807, 2.05) is 31.4 Å². The van der Waals surface area contributed by atoms with Gasteiger partial charge in [0.05, 0.1) is 17.0 Å². The van der Waals surface area contributed by atoms with E-state index in [1.165, 1.54) is 6.26 Å². The Balaban J connectivity index is 1.74. The van der Waals surface area contributed by atoms with Gasteiger partial charge in [0.15, 0.2) is 0 Å². The Morgan fingerprint density at radius 3 is 3.00 bits per heavy atom. The second-order valence-corrected chi connectivity index (χ2v) is 7.02. The van der Waals surface area contributed by atoms with Gasteiger partial charge in [-0.1, -0.05) is 19.9 Å². The number of thiophene rings is 1. The molecule has 0 fully saturated rings. The van der Waals surface area contributed by atoms with Crippen molar-refractivity contribution in [3.05, 3.63) is 29.5 Å². The zero-order chi connectivity index (χ0) is 16.0. The summed E-state index contributed by atoms with van der Waals surface area (Å²) in [6, 6.07) is 3.87. The van der Waals surface area contributed by atoms with E-state index < -0.39 is 0 Å². The van der Waals surface area contributed by atoms with Gasteiger partial charge in [0.25, 0.3) is 0 Å². The van der Waals surface area contributed by atoms with Crippen LogP contribution in [-0.4, -0.2) is 29.1 Å². The number of hydrogen-bond donors (Lipinski definition) is 2. The summed E-state index contributed by atoms with van der Waals surface area (Å²) in [4.78, 5) is 17.1. The quantitative estimate of drug-likeness (QED) is 0.733. The van der Waals surface area contributed by atoms with E-state index in [9.17, 15) is 9.90 Å². The molecule has 22 heavy (non-hydrogen) atoms. The van der Waals surface area contributed by atoms with E-state index >= 15 is 0 Å². The van der Waals surface area contributed by atoms with E-state index in [0.29, 0.717) is 18.1 Å². The van der Waals surface area contributed by atoms with Crippen molar-refractivity contribution in [1.29, 1.82) is 0 Å². The fourth-order valence-corrected chi connectivity index (χ4v) is 2.66. The molecule has 1 amide bonds. The van der Waals surface area contributed by atoms with Crippen molar-refractivity contribution < 1.29 is 14.3 Å². The number of carbonyl (C=O) groups excluding carboxylic acids is 1. The lowest BCUT2D eigenvalue weighted by atomic mass is 9.89. The first-order chi connectivity index (χ1) is 10.5. The summed E-state index contributed by atoms with van der Waals surface area (Å²) in [5.74, 6) is 0.496. The smallest absolute Gasteiger partial charge is 0.236 e. The summed E-state index contributed by atoms with van der Waals surface area (Å²) in [5.41, 5.74) is 0.545. The number of rotatable bonds is 8. The van der Waals surface area contributed by atoms with E-state index in [4.69, 9.17) is 4.42 Å². The predicted octanol–water partition coefficient (Wildman–Crippen LogP) is 2.86. The van der Waals surface area contributed by atoms with Crippen LogP contribution in [0.2, 0.25) is 0 Å². The number of aromatic nitrogens is 1. The second kappa shape index (κ2) is 7.56. The molecule has 2 aromatic rings. The molecule has 0 atom stereocenters. The van der Waals surface area contributed by atoms with E-state index in [2.05, 4.69) is 10.3 Å². The number of nitrogens with one attached hydrogen (secondary N) is 1. The maximum absolute atomic E-state index is 11.9. The molecule has 0 aliphatic carbocycles. The molecule has 2 aromatic heterocycles. The average molecular weight is 322 g/mol. The highest BCUT2D eigenvalue weighted by molar-refractivity contribution is 7.13. The topological polar surface area (TPSA) is 75.4 Å². The van der Waals surface area contributed by atoms with Crippen LogP contribution in [0.3, 0.4) is 0 Å². The predicted molar refractivity (Wildman–Crippen MR) is 86.6 cm³/mol. The molecule has 6 heteroatoms. The van der Waals surface area contributed by atoms with Gasteiger partial charge >= 0.3 is 0 Å². The van der Waals surface area contributed by atoms with Gasteiger partial charge in [-0.15, -0.1) is 11.3 Å². The fourth-order valence-electron chi connectivity index (χ4n) is 2.00. The number of aliphatic hydroxyl groups excluding tert-OH is 1. The number of aliphatic hydroxyl groups is 1. The van der Waals surface area contributed by atoms with Crippen LogP contribution in [0.1, 0.15) is 32.4 Å². The van der Waals surface area contributed by atoms with Crippen molar-refractivity contribution in [2.24, 2.45) is 5.41 Å². The van der Waals surface area contributed by atoms with Crippen molar-refractivity contribution in [1.82, 2.24) is 10.3 Å². The van der Waals surface area contributed by atoms with Gasteiger partial charge in [-0.25, -0.2) is 4.98 Å². The number of hydrogen-bond acceptors (Lipinski definition) is 5. The van der Waals surface area contributed by atoms with Crippen molar-refractivity contribution >= 4 is 17.2 Å². The third-order valence-electron chi connectivity index (χ3n) is 3.41. The van der Waals surface area contributed by atoms with Crippen molar-refractivity contribution in [2.75, 3.05) is 13.2 Å². The van der Waals surface area contributed by atoms with Crippen LogP contribution in [-0.2, 0) is 11.2 Å². The molecule has 0 spiro atoms.